The number of carboxylic acids is 1. The Kier molecular flexibility index (Phi) is 2.60. The van der Waals surface area contributed by atoms with Crippen molar-refractivity contribution < 1.29 is 9.90 Å². The number of rotatable bonds is 2. The summed E-state index contributed by atoms with van der Waals surface area (Å²) in [4.78, 5) is 44.3. The average molecular weight is 215 g/mol. The van der Waals surface area contributed by atoms with Crippen molar-refractivity contribution in [3.63, 3.8) is 0 Å². The van der Waals surface area contributed by atoms with E-state index in [1.807, 2.05) is 0 Å². The van der Waals surface area contributed by atoms with Crippen molar-refractivity contribution in [3.05, 3.63) is 31.5 Å². The van der Waals surface area contributed by atoms with Gasteiger partial charge >= 0.3 is 23.0 Å². The number of hydrogen-bond acceptors (Lipinski definition) is 4. The minimum absolute atomic E-state index is 0.476. The predicted octanol–water partition coefficient (Wildman–Crippen LogP) is -2.67. The summed E-state index contributed by atoms with van der Waals surface area (Å²) in [5.41, 5.74) is -2.66. The van der Waals surface area contributed by atoms with Crippen LogP contribution >= 0.6 is 0 Å². The molecule has 0 saturated heterocycles. The molecule has 0 aliphatic heterocycles. The Balaban J connectivity index is 3.68. The van der Waals surface area contributed by atoms with Crippen LogP contribution in [0.25, 0.3) is 0 Å². The van der Waals surface area contributed by atoms with Crippen LogP contribution in [-0.2, 0) is 25.4 Å². The second-order valence-electron chi connectivity index (χ2n) is 2.95. The zero-order valence-corrected chi connectivity index (χ0v) is 8.13. The molecule has 8 heteroatoms. The van der Waals surface area contributed by atoms with Crippen molar-refractivity contribution in [2.24, 2.45) is 14.1 Å². The summed E-state index contributed by atoms with van der Waals surface area (Å²) in [6.45, 7) is -0.764. The molecule has 0 saturated carbocycles. The molecule has 82 valence electrons. The molecule has 0 fully saturated rings. The van der Waals surface area contributed by atoms with E-state index in [0.29, 0.717) is 13.7 Å². The van der Waals surface area contributed by atoms with E-state index in [-0.39, 0.29) is 0 Å². The average Bonchev–Trinajstić information content (AvgIpc) is 2.18. The normalized spacial score (nSPS) is 10.3. The summed E-state index contributed by atoms with van der Waals surface area (Å²) < 4.78 is 1.82. The molecule has 0 unspecified atom stereocenters. The maximum atomic E-state index is 11.3. The highest BCUT2D eigenvalue weighted by atomic mass is 16.4. The minimum Gasteiger partial charge on any atom is -0.480 e. The molecule has 0 amide bonds. The lowest BCUT2D eigenvalue weighted by Crippen LogP contribution is -2.53. The first-order chi connectivity index (χ1) is 6.86. The standard InChI is InChI=1S/C7H9N3O5/c1-8-5(13)9(2)7(15)10(6(8)14)3-4(11)12/h3H2,1-2H3,(H,11,12). The second-order valence-corrected chi connectivity index (χ2v) is 2.95. The first-order valence-corrected chi connectivity index (χ1v) is 3.95. The van der Waals surface area contributed by atoms with Crippen LogP contribution in [0.2, 0.25) is 0 Å². The van der Waals surface area contributed by atoms with Crippen LogP contribution in [0.4, 0.5) is 0 Å². The number of carbonyl (C=O) groups is 1. The Bertz CT molecular complexity index is 536. The maximum Gasteiger partial charge on any atom is 0.336 e. The third-order valence-electron chi connectivity index (χ3n) is 1.90. The molecule has 0 bridgehead atoms. The molecule has 0 aromatic carbocycles. The van der Waals surface area contributed by atoms with Crippen LogP contribution in [0.15, 0.2) is 14.4 Å². The fourth-order valence-corrected chi connectivity index (χ4v) is 1.10. The van der Waals surface area contributed by atoms with E-state index in [0.717, 1.165) is 0 Å². The third-order valence-corrected chi connectivity index (χ3v) is 1.90. The van der Waals surface area contributed by atoms with Gasteiger partial charge in [0.15, 0.2) is 0 Å². The number of hydrogen-bond donors (Lipinski definition) is 1. The Labute approximate surface area is 82.6 Å². The van der Waals surface area contributed by atoms with Gasteiger partial charge in [0.1, 0.15) is 6.54 Å². The van der Waals surface area contributed by atoms with E-state index in [9.17, 15) is 19.2 Å². The van der Waals surface area contributed by atoms with Gasteiger partial charge in [0.05, 0.1) is 0 Å². The maximum absolute atomic E-state index is 11.3. The van der Waals surface area contributed by atoms with Crippen LogP contribution in [0, 0.1) is 0 Å². The summed E-state index contributed by atoms with van der Waals surface area (Å²) in [7, 11) is 2.34. The van der Waals surface area contributed by atoms with Crippen molar-refractivity contribution in [2.45, 2.75) is 6.54 Å². The van der Waals surface area contributed by atoms with Gasteiger partial charge in [-0.15, -0.1) is 0 Å². The molecular weight excluding hydrogens is 206 g/mol. The van der Waals surface area contributed by atoms with Crippen molar-refractivity contribution in [3.8, 4) is 0 Å². The summed E-state index contributed by atoms with van der Waals surface area (Å²) in [6, 6.07) is 0. The van der Waals surface area contributed by atoms with Gasteiger partial charge < -0.3 is 5.11 Å². The van der Waals surface area contributed by atoms with Crippen LogP contribution in [0.5, 0.6) is 0 Å². The van der Waals surface area contributed by atoms with E-state index in [1.165, 1.54) is 14.1 Å². The molecule has 1 aromatic heterocycles. The van der Waals surface area contributed by atoms with E-state index in [2.05, 4.69) is 0 Å². The highest BCUT2D eigenvalue weighted by molar-refractivity contribution is 5.66. The molecule has 15 heavy (non-hydrogen) atoms. The zero-order chi connectivity index (χ0) is 11.7. The fraction of sp³-hybridized carbons (Fsp3) is 0.429. The minimum atomic E-state index is -1.33. The number of nitrogens with zero attached hydrogens (tertiary/aromatic N) is 3. The van der Waals surface area contributed by atoms with Crippen LogP contribution < -0.4 is 17.1 Å². The first kappa shape index (κ1) is 11.0. The predicted molar refractivity (Wildman–Crippen MR) is 48.8 cm³/mol. The molecule has 1 heterocycles. The smallest absolute Gasteiger partial charge is 0.336 e. The molecule has 0 atom stereocenters. The van der Waals surface area contributed by atoms with Gasteiger partial charge in [-0.25, -0.2) is 28.1 Å². The van der Waals surface area contributed by atoms with Crippen LogP contribution in [0.1, 0.15) is 0 Å². The monoisotopic (exact) mass is 215 g/mol. The number of aliphatic carboxylic acids is 1. The highest BCUT2D eigenvalue weighted by Gasteiger charge is 2.12. The molecular formula is C7H9N3O5. The van der Waals surface area contributed by atoms with Crippen molar-refractivity contribution in [1.29, 1.82) is 0 Å². The summed E-state index contributed by atoms with van der Waals surface area (Å²) in [5, 5.41) is 8.47. The lowest BCUT2D eigenvalue weighted by Gasteiger charge is -2.05. The molecule has 0 radical (unpaired) electrons. The Morgan fingerprint density at radius 3 is 1.80 bits per heavy atom. The van der Waals surface area contributed by atoms with Gasteiger partial charge in [-0.1, -0.05) is 0 Å². The Morgan fingerprint density at radius 1 is 1.07 bits per heavy atom. The van der Waals surface area contributed by atoms with Gasteiger partial charge in [0, 0.05) is 14.1 Å². The molecule has 0 spiro atoms. The summed E-state index contributed by atoms with van der Waals surface area (Å²) in [6.07, 6.45) is 0. The van der Waals surface area contributed by atoms with Gasteiger partial charge in [0.2, 0.25) is 0 Å². The third kappa shape index (κ3) is 1.73. The van der Waals surface area contributed by atoms with Gasteiger partial charge in [-0.05, 0) is 0 Å². The number of aromatic nitrogens is 3. The molecule has 1 aromatic rings. The first-order valence-electron chi connectivity index (χ1n) is 3.95. The number of carboxylic acid groups (broad SMARTS) is 1. The Morgan fingerprint density at radius 2 is 1.47 bits per heavy atom. The molecule has 0 aliphatic rings. The van der Waals surface area contributed by atoms with Gasteiger partial charge in [-0.3, -0.25) is 4.79 Å². The SMILES string of the molecule is Cn1c(=O)n(C)c(=O)n(CC(=O)O)c1=O. The lowest BCUT2D eigenvalue weighted by molar-refractivity contribution is -0.137. The van der Waals surface area contributed by atoms with E-state index < -0.39 is 29.6 Å². The van der Waals surface area contributed by atoms with Crippen molar-refractivity contribution in [1.82, 2.24) is 13.7 Å². The largest absolute Gasteiger partial charge is 0.480 e. The van der Waals surface area contributed by atoms with Crippen LogP contribution in [0.3, 0.4) is 0 Å². The van der Waals surface area contributed by atoms with Gasteiger partial charge in [0.25, 0.3) is 0 Å². The van der Waals surface area contributed by atoms with E-state index >= 15 is 0 Å². The van der Waals surface area contributed by atoms with Gasteiger partial charge in [-0.2, -0.15) is 0 Å². The summed E-state index contributed by atoms with van der Waals surface area (Å²) in [5.74, 6) is -1.33. The second kappa shape index (κ2) is 3.56. The molecule has 8 nitrogen and oxygen atoms in total. The van der Waals surface area contributed by atoms with Crippen molar-refractivity contribution >= 4 is 5.97 Å². The zero-order valence-electron chi connectivity index (χ0n) is 8.13. The summed E-state index contributed by atoms with van der Waals surface area (Å²) >= 11 is 0. The molecule has 0 aliphatic carbocycles. The van der Waals surface area contributed by atoms with E-state index in [4.69, 9.17) is 5.11 Å². The Hall–Kier alpha value is -2.12. The quantitative estimate of drug-likeness (QED) is 0.579. The van der Waals surface area contributed by atoms with E-state index in [1.54, 1.807) is 0 Å². The fourth-order valence-electron chi connectivity index (χ4n) is 1.10. The van der Waals surface area contributed by atoms with Crippen molar-refractivity contribution in [2.75, 3.05) is 0 Å². The lowest BCUT2D eigenvalue weighted by atomic mass is 10.6. The van der Waals surface area contributed by atoms with Crippen LogP contribution in [-0.4, -0.2) is 24.8 Å². The molecule has 1 rings (SSSR count). The topological polar surface area (TPSA) is 103 Å². The molecule has 1 N–H and O–H groups in total. The highest BCUT2D eigenvalue weighted by Crippen LogP contribution is 1.71.